The molecule has 31 heavy (non-hydrogen) atoms. The summed E-state index contributed by atoms with van der Waals surface area (Å²) < 4.78 is 22.1. The average Bonchev–Trinajstić information content (AvgIpc) is 2.81. The number of carbonyl (C=O) groups excluding carboxylic acids is 1. The molecular weight excluding hydrogens is 396 g/mol. The molecule has 0 aliphatic carbocycles. The number of hydrogen-bond acceptors (Lipinski definition) is 6. The first-order chi connectivity index (χ1) is 15.1. The molecule has 0 aromatic heterocycles. The molecule has 7 heteroatoms. The van der Waals surface area contributed by atoms with Crippen molar-refractivity contribution >= 4 is 5.91 Å². The molecule has 0 bridgehead atoms. The summed E-state index contributed by atoms with van der Waals surface area (Å²) in [5.74, 6) is 1.97. The van der Waals surface area contributed by atoms with Crippen LogP contribution in [0.1, 0.15) is 34.5 Å². The lowest BCUT2D eigenvalue weighted by Gasteiger charge is -2.35. The maximum Gasteiger partial charge on any atom is 0.251 e. The van der Waals surface area contributed by atoms with E-state index in [1.165, 1.54) is 0 Å². The Kier molecular flexibility index (Phi) is 8.14. The summed E-state index contributed by atoms with van der Waals surface area (Å²) in [5.41, 5.74) is 2.63. The summed E-state index contributed by atoms with van der Waals surface area (Å²) in [4.78, 5) is 15.2. The molecule has 1 heterocycles. The van der Waals surface area contributed by atoms with E-state index in [2.05, 4.69) is 10.2 Å². The largest absolute Gasteiger partial charge is 0.496 e. The Hall–Kier alpha value is -2.77. The Morgan fingerprint density at radius 1 is 1.06 bits per heavy atom. The number of amides is 1. The van der Waals surface area contributed by atoms with Gasteiger partial charge in [-0.1, -0.05) is 12.1 Å². The molecule has 1 amide bonds. The van der Waals surface area contributed by atoms with E-state index in [1.807, 2.05) is 44.2 Å². The first-order valence-corrected chi connectivity index (χ1v) is 10.6. The zero-order valence-electron chi connectivity index (χ0n) is 18.8. The van der Waals surface area contributed by atoms with Crippen LogP contribution in [0.2, 0.25) is 0 Å². The number of methoxy groups -OCH3 is 2. The quantitative estimate of drug-likeness (QED) is 0.662. The predicted molar refractivity (Wildman–Crippen MR) is 119 cm³/mol. The fraction of sp³-hybridized carbons (Fsp3) is 0.458. The minimum atomic E-state index is -0.130. The summed E-state index contributed by atoms with van der Waals surface area (Å²) in [6.45, 7) is 7.88. The van der Waals surface area contributed by atoms with Crippen LogP contribution in [0.5, 0.6) is 17.2 Å². The molecule has 1 N–H and O–H groups in total. The van der Waals surface area contributed by atoms with Gasteiger partial charge in [-0.3, -0.25) is 9.69 Å². The molecule has 1 aliphatic rings. The summed E-state index contributed by atoms with van der Waals surface area (Å²) in [5, 5.41) is 3.09. The number of aryl methyl sites for hydroxylation is 1. The number of hydrogen-bond donors (Lipinski definition) is 1. The van der Waals surface area contributed by atoms with E-state index in [1.54, 1.807) is 20.3 Å². The Balaban J connectivity index is 1.80. The van der Waals surface area contributed by atoms with Gasteiger partial charge < -0.3 is 24.3 Å². The number of nitrogens with one attached hydrogen (secondary N) is 1. The third kappa shape index (κ3) is 5.68. The third-order valence-corrected chi connectivity index (χ3v) is 5.48. The molecule has 2 aromatic carbocycles. The maximum absolute atomic E-state index is 12.9. The SMILES string of the molecule is CCOc1ccc(C(CNC(=O)c2ccc(C)c(OC)c2)N2CCOCC2)cc1OC. The molecule has 1 atom stereocenters. The van der Waals surface area contributed by atoms with E-state index in [-0.39, 0.29) is 11.9 Å². The number of ether oxygens (including phenoxy) is 4. The van der Waals surface area contributed by atoms with Gasteiger partial charge in [-0.25, -0.2) is 0 Å². The Labute approximate surface area is 184 Å². The Morgan fingerprint density at radius 3 is 2.48 bits per heavy atom. The predicted octanol–water partition coefficient (Wildman–Crippen LogP) is 3.21. The number of nitrogens with zero attached hydrogens (tertiary/aromatic N) is 1. The summed E-state index contributed by atoms with van der Waals surface area (Å²) in [6.07, 6.45) is 0. The van der Waals surface area contributed by atoms with E-state index < -0.39 is 0 Å². The van der Waals surface area contributed by atoms with Gasteiger partial charge >= 0.3 is 0 Å². The minimum absolute atomic E-state index is 0.00947. The number of morpholine rings is 1. The van der Waals surface area contributed by atoms with Crippen LogP contribution in [0.15, 0.2) is 36.4 Å². The van der Waals surface area contributed by atoms with Gasteiger partial charge in [0, 0.05) is 25.2 Å². The van der Waals surface area contributed by atoms with Gasteiger partial charge in [0.1, 0.15) is 5.75 Å². The van der Waals surface area contributed by atoms with Gasteiger partial charge in [0.05, 0.1) is 40.1 Å². The fourth-order valence-electron chi connectivity index (χ4n) is 3.77. The van der Waals surface area contributed by atoms with Crippen LogP contribution in [-0.4, -0.2) is 64.5 Å². The highest BCUT2D eigenvalue weighted by molar-refractivity contribution is 5.94. The van der Waals surface area contributed by atoms with Crippen molar-refractivity contribution in [2.24, 2.45) is 0 Å². The van der Waals surface area contributed by atoms with Crippen molar-refractivity contribution in [1.82, 2.24) is 10.2 Å². The molecular formula is C24H32N2O5. The fourth-order valence-corrected chi connectivity index (χ4v) is 3.77. The zero-order chi connectivity index (χ0) is 22.2. The molecule has 1 aliphatic heterocycles. The molecule has 2 aromatic rings. The topological polar surface area (TPSA) is 69.3 Å². The van der Waals surface area contributed by atoms with Crippen LogP contribution in [0, 0.1) is 6.92 Å². The normalized spacial score (nSPS) is 15.2. The smallest absolute Gasteiger partial charge is 0.251 e. The molecule has 168 valence electrons. The van der Waals surface area contributed by atoms with Gasteiger partial charge in [0.15, 0.2) is 11.5 Å². The van der Waals surface area contributed by atoms with Crippen molar-refractivity contribution in [3.05, 3.63) is 53.1 Å². The molecule has 3 rings (SSSR count). The van der Waals surface area contributed by atoms with Crippen LogP contribution < -0.4 is 19.5 Å². The second kappa shape index (κ2) is 11.0. The Bertz CT molecular complexity index is 880. The van der Waals surface area contributed by atoms with Crippen molar-refractivity contribution in [1.29, 1.82) is 0 Å². The molecule has 0 spiro atoms. The molecule has 0 radical (unpaired) electrons. The third-order valence-electron chi connectivity index (χ3n) is 5.48. The second-order valence-corrected chi connectivity index (χ2v) is 7.40. The van der Waals surface area contributed by atoms with Crippen molar-refractivity contribution in [3.8, 4) is 17.2 Å². The van der Waals surface area contributed by atoms with Crippen molar-refractivity contribution < 1.29 is 23.7 Å². The Morgan fingerprint density at radius 2 is 1.81 bits per heavy atom. The van der Waals surface area contributed by atoms with Crippen molar-refractivity contribution in [2.75, 3.05) is 53.7 Å². The van der Waals surface area contributed by atoms with Crippen LogP contribution >= 0.6 is 0 Å². The number of carbonyl (C=O) groups is 1. The first-order valence-electron chi connectivity index (χ1n) is 10.6. The van der Waals surface area contributed by atoms with Crippen molar-refractivity contribution in [3.63, 3.8) is 0 Å². The highest BCUT2D eigenvalue weighted by atomic mass is 16.5. The number of benzene rings is 2. The van der Waals surface area contributed by atoms with Crippen molar-refractivity contribution in [2.45, 2.75) is 19.9 Å². The lowest BCUT2D eigenvalue weighted by atomic mass is 10.0. The monoisotopic (exact) mass is 428 g/mol. The van der Waals surface area contributed by atoms with Gasteiger partial charge in [-0.2, -0.15) is 0 Å². The lowest BCUT2D eigenvalue weighted by molar-refractivity contribution is 0.0162. The molecule has 1 unspecified atom stereocenters. The standard InChI is InChI=1S/C24H32N2O5/c1-5-31-21-9-8-18(14-23(21)29-4)20(26-10-12-30-13-11-26)16-25-24(27)19-7-6-17(2)22(15-19)28-3/h6-9,14-15,20H,5,10-13,16H2,1-4H3,(H,25,27). The van der Waals surface area contributed by atoms with Crippen LogP contribution in [0.25, 0.3) is 0 Å². The zero-order valence-corrected chi connectivity index (χ0v) is 18.8. The molecule has 1 fully saturated rings. The van der Waals surface area contributed by atoms with Gasteiger partial charge in [0.2, 0.25) is 0 Å². The summed E-state index contributed by atoms with van der Waals surface area (Å²) in [6, 6.07) is 11.4. The minimum Gasteiger partial charge on any atom is -0.496 e. The van der Waals surface area contributed by atoms with E-state index >= 15 is 0 Å². The van der Waals surface area contributed by atoms with Crippen LogP contribution in [-0.2, 0) is 4.74 Å². The average molecular weight is 429 g/mol. The van der Waals surface area contributed by atoms with Gasteiger partial charge in [0.25, 0.3) is 5.91 Å². The van der Waals surface area contributed by atoms with Crippen LogP contribution in [0.3, 0.4) is 0 Å². The first kappa shape index (κ1) is 22.9. The van der Waals surface area contributed by atoms with Crippen LogP contribution in [0.4, 0.5) is 0 Å². The van der Waals surface area contributed by atoms with E-state index in [0.717, 1.165) is 24.2 Å². The highest BCUT2D eigenvalue weighted by Gasteiger charge is 2.24. The summed E-state index contributed by atoms with van der Waals surface area (Å²) >= 11 is 0. The highest BCUT2D eigenvalue weighted by Crippen LogP contribution is 2.32. The maximum atomic E-state index is 12.9. The summed E-state index contributed by atoms with van der Waals surface area (Å²) in [7, 11) is 3.25. The lowest BCUT2D eigenvalue weighted by Crippen LogP contribution is -2.43. The second-order valence-electron chi connectivity index (χ2n) is 7.40. The molecule has 0 saturated carbocycles. The van der Waals surface area contributed by atoms with E-state index in [9.17, 15) is 4.79 Å². The van der Waals surface area contributed by atoms with Gasteiger partial charge in [-0.15, -0.1) is 0 Å². The van der Waals surface area contributed by atoms with E-state index in [4.69, 9.17) is 18.9 Å². The van der Waals surface area contributed by atoms with Gasteiger partial charge in [-0.05, 0) is 49.2 Å². The molecule has 7 nitrogen and oxygen atoms in total. The number of rotatable bonds is 9. The van der Waals surface area contributed by atoms with E-state index in [0.29, 0.717) is 49.2 Å². The molecule has 1 saturated heterocycles.